The van der Waals surface area contributed by atoms with Gasteiger partial charge in [0.15, 0.2) is 11.5 Å². The predicted octanol–water partition coefficient (Wildman–Crippen LogP) is 2.28. The minimum Gasteiger partial charge on any atom is -0.461 e. The monoisotopic (exact) mass is 257 g/mol. The van der Waals surface area contributed by atoms with Crippen molar-refractivity contribution in [1.29, 1.82) is 0 Å². The van der Waals surface area contributed by atoms with Gasteiger partial charge in [-0.05, 0) is 31.0 Å². The van der Waals surface area contributed by atoms with Crippen LogP contribution in [0.2, 0.25) is 0 Å². The summed E-state index contributed by atoms with van der Waals surface area (Å²) < 4.78 is 4.93. The lowest BCUT2D eigenvalue weighted by Crippen LogP contribution is -2.08. The van der Waals surface area contributed by atoms with Crippen LogP contribution in [0, 0.1) is 0 Å². The number of rotatable bonds is 4. The Morgan fingerprint density at radius 3 is 2.84 bits per heavy atom. The van der Waals surface area contributed by atoms with Crippen molar-refractivity contribution in [3.8, 4) is 11.4 Å². The normalized spacial score (nSPS) is 10.2. The highest BCUT2D eigenvalue weighted by Crippen LogP contribution is 2.19. The molecular weight excluding hydrogens is 242 g/mol. The Balaban J connectivity index is 2.40. The van der Waals surface area contributed by atoms with Crippen LogP contribution in [0.1, 0.15) is 29.9 Å². The number of aryl methyl sites for hydroxylation is 1. The van der Waals surface area contributed by atoms with Gasteiger partial charge in [0.1, 0.15) is 0 Å². The lowest BCUT2D eigenvalue weighted by atomic mass is 10.1. The highest BCUT2D eigenvalue weighted by Gasteiger charge is 2.12. The van der Waals surface area contributed by atoms with E-state index in [1.807, 2.05) is 13.0 Å². The van der Waals surface area contributed by atoms with Gasteiger partial charge in [0, 0.05) is 24.2 Å². The molecule has 0 spiro atoms. The van der Waals surface area contributed by atoms with Crippen LogP contribution in [0.5, 0.6) is 0 Å². The van der Waals surface area contributed by atoms with Crippen molar-refractivity contribution in [1.82, 2.24) is 15.0 Å². The summed E-state index contributed by atoms with van der Waals surface area (Å²) in [7, 11) is 0. The second kappa shape index (κ2) is 6.04. The molecule has 2 aromatic heterocycles. The van der Waals surface area contributed by atoms with Gasteiger partial charge in [0.2, 0.25) is 0 Å². The van der Waals surface area contributed by atoms with Gasteiger partial charge in [-0.3, -0.25) is 4.98 Å². The first-order chi connectivity index (χ1) is 9.26. The predicted molar refractivity (Wildman–Crippen MR) is 70.6 cm³/mol. The lowest BCUT2D eigenvalue weighted by Gasteiger charge is -2.06. The third kappa shape index (κ3) is 2.93. The number of hydrogen-bond donors (Lipinski definition) is 0. The fourth-order valence-corrected chi connectivity index (χ4v) is 1.73. The molecule has 2 heterocycles. The van der Waals surface area contributed by atoms with E-state index in [4.69, 9.17) is 4.74 Å². The van der Waals surface area contributed by atoms with Crippen molar-refractivity contribution in [2.75, 3.05) is 6.61 Å². The van der Waals surface area contributed by atoms with E-state index in [-0.39, 0.29) is 5.69 Å². The van der Waals surface area contributed by atoms with E-state index in [1.54, 1.807) is 31.6 Å². The number of ether oxygens (including phenoxy) is 1. The molecule has 0 aliphatic heterocycles. The molecule has 0 bridgehead atoms. The van der Waals surface area contributed by atoms with Crippen molar-refractivity contribution in [3.63, 3.8) is 0 Å². The van der Waals surface area contributed by atoms with Crippen molar-refractivity contribution in [2.45, 2.75) is 20.3 Å². The molecule has 0 aromatic carbocycles. The fraction of sp³-hybridized carbons (Fsp3) is 0.286. The number of carbonyl (C=O) groups excluding carboxylic acids is 1. The largest absolute Gasteiger partial charge is 0.461 e. The van der Waals surface area contributed by atoms with Crippen LogP contribution < -0.4 is 0 Å². The zero-order valence-corrected chi connectivity index (χ0v) is 11.0. The third-order valence-corrected chi connectivity index (χ3v) is 2.67. The minimum atomic E-state index is -0.432. The maximum atomic E-state index is 11.7. The zero-order valence-electron chi connectivity index (χ0n) is 11.0. The molecule has 5 heteroatoms. The molecule has 0 unspecified atom stereocenters. The van der Waals surface area contributed by atoms with Crippen LogP contribution in [0.25, 0.3) is 11.4 Å². The van der Waals surface area contributed by atoms with E-state index in [2.05, 4.69) is 15.0 Å². The molecule has 0 saturated heterocycles. The molecule has 0 aliphatic rings. The lowest BCUT2D eigenvalue weighted by molar-refractivity contribution is 0.0519. The van der Waals surface area contributed by atoms with E-state index in [9.17, 15) is 4.79 Å². The third-order valence-electron chi connectivity index (χ3n) is 2.67. The van der Waals surface area contributed by atoms with Crippen LogP contribution >= 0.6 is 0 Å². The Kier molecular flexibility index (Phi) is 4.18. The van der Waals surface area contributed by atoms with Crippen molar-refractivity contribution >= 4 is 5.97 Å². The summed E-state index contributed by atoms with van der Waals surface area (Å²) in [4.78, 5) is 24.2. The summed E-state index contributed by atoms with van der Waals surface area (Å²) in [5.74, 6) is 0.0862. The Bertz CT molecular complexity index is 584. The molecule has 0 amide bonds. The van der Waals surface area contributed by atoms with Crippen LogP contribution in [0.15, 0.2) is 30.7 Å². The average molecular weight is 257 g/mol. The first kappa shape index (κ1) is 13.1. The summed E-state index contributed by atoms with van der Waals surface area (Å²) in [6, 6.07) is 3.40. The van der Waals surface area contributed by atoms with Crippen LogP contribution in [0.4, 0.5) is 0 Å². The van der Waals surface area contributed by atoms with E-state index in [0.29, 0.717) is 12.4 Å². The van der Waals surface area contributed by atoms with E-state index < -0.39 is 5.97 Å². The summed E-state index contributed by atoms with van der Waals surface area (Å²) in [6.07, 6.45) is 5.87. The first-order valence-corrected chi connectivity index (χ1v) is 6.19. The zero-order chi connectivity index (χ0) is 13.7. The fourth-order valence-electron chi connectivity index (χ4n) is 1.73. The maximum Gasteiger partial charge on any atom is 0.357 e. The summed E-state index contributed by atoms with van der Waals surface area (Å²) in [5.41, 5.74) is 2.21. The molecular formula is C14H15N3O2. The maximum absolute atomic E-state index is 11.7. The SMILES string of the molecule is CCOC(=O)c1ccnc(-c2ccncc2CC)n1. The molecule has 0 fully saturated rings. The molecule has 0 saturated carbocycles. The van der Waals surface area contributed by atoms with Gasteiger partial charge >= 0.3 is 5.97 Å². The van der Waals surface area contributed by atoms with Gasteiger partial charge in [-0.15, -0.1) is 0 Å². The highest BCUT2D eigenvalue weighted by molar-refractivity contribution is 5.87. The van der Waals surface area contributed by atoms with Gasteiger partial charge in [-0.2, -0.15) is 0 Å². The second-order valence-electron chi connectivity index (χ2n) is 3.87. The molecule has 2 rings (SSSR count). The molecule has 2 aromatic rings. The van der Waals surface area contributed by atoms with E-state index >= 15 is 0 Å². The minimum absolute atomic E-state index is 0.269. The smallest absolute Gasteiger partial charge is 0.357 e. The van der Waals surface area contributed by atoms with Gasteiger partial charge in [-0.1, -0.05) is 6.92 Å². The Morgan fingerprint density at radius 2 is 2.11 bits per heavy atom. The number of esters is 1. The van der Waals surface area contributed by atoms with Gasteiger partial charge < -0.3 is 4.74 Å². The van der Waals surface area contributed by atoms with Crippen LogP contribution in [-0.2, 0) is 11.2 Å². The summed E-state index contributed by atoms with van der Waals surface area (Å²) in [5, 5.41) is 0. The molecule has 98 valence electrons. The molecule has 0 aliphatic carbocycles. The summed E-state index contributed by atoms with van der Waals surface area (Å²) >= 11 is 0. The molecule has 0 atom stereocenters. The molecule has 0 radical (unpaired) electrons. The molecule has 5 nitrogen and oxygen atoms in total. The van der Waals surface area contributed by atoms with Crippen molar-refractivity contribution in [3.05, 3.63) is 42.0 Å². The van der Waals surface area contributed by atoms with Crippen LogP contribution in [0.3, 0.4) is 0 Å². The number of nitrogens with zero attached hydrogens (tertiary/aromatic N) is 3. The van der Waals surface area contributed by atoms with Crippen molar-refractivity contribution < 1.29 is 9.53 Å². The van der Waals surface area contributed by atoms with E-state index in [1.165, 1.54) is 0 Å². The highest BCUT2D eigenvalue weighted by atomic mass is 16.5. The quantitative estimate of drug-likeness (QED) is 0.786. The van der Waals surface area contributed by atoms with Crippen LogP contribution in [-0.4, -0.2) is 27.5 Å². The van der Waals surface area contributed by atoms with Crippen molar-refractivity contribution in [2.24, 2.45) is 0 Å². The second-order valence-corrected chi connectivity index (χ2v) is 3.87. The topological polar surface area (TPSA) is 65.0 Å². The first-order valence-electron chi connectivity index (χ1n) is 6.19. The standard InChI is InChI=1S/C14H15N3O2/c1-3-10-9-15-7-5-11(10)13-16-8-6-12(17-13)14(18)19-4-2/h5-9H,3-4H2,1-2H3. The van der Waals surface area contributed by atoms with Gasteiger partial charge in [-0.25, -0.2) is 14.8 Å². The number of carbonyl (C=O) groups is 1. The number of aromatic nitrogens is 3. The number of hydrogen-bond acceptors (Lipinski definition) is 5. The van der Waals surface area contributed by atoms with Gasteiger partial charge in [0.05, 0.1) is 6.61 Å². The Morgan fingerprint density at radius 1 is 1.26 bits per heavy atom. The Hall–Kier alpha value is -2.30. The summed E-state index contributed by atoms with van der Waals surface area (Å²) in [6.45, 7) is 4.13. The van der Waals surface area contributed by atoms with Gasteiger partial charge in [0.25, 0.3) is 0 Å². The number of pyridine rings is 1. The molecule has 0 N–H and O–H groups in total. The molecule has 19 heavy (non-hydrogen) atoms. The van der Waals surface area contributed by atoms with E-state index in [0.717, 1.165) is 17.5 Å². The Labute approximate surface area is 111 Å². The average Bonchev–Trinajstić information content (AvgIpc) is 2.47.